The summed E-state index contributed by atoms with van der Waals surface area (Å²) in [4.78, 5) is 19.3. The second kappa shape index (κ2) is 11.3. The standard InChI is InChI=1S/C19H29BrN4O2.HI/c1-2-21-19(22-11-9-16-7-8-17(20)26-16)23-15-10-12-24(13-15)18(25)14-5-3-4-6-14;/h7-8,14-15H,2-6,9-13H2,1H3,(H2,21,22,23);1H. The van der Waals surface area contributed by atoms with Crippen LogP contribution in [-0.2, 0) is 11.2 Å². The Hall–Kier alpha value is -0.770. The normalized spacial score (nSPS) is 20.6. The van der Waals surface area contributed by atoms with Gasteiger partial charge in [0.2, 0.25) is 5.91 Å². The first-order valence-corrected chi connectivity index (χ1v) is 10.5. The number of nitrogens with one attached hydrogen (secondary N) is 2. The molecule has 3 rings (SSSR count). The minimum atomic E-state index is 0. The molecule has 2 aliphatic rings. The van der Waals surface area contributed by atoms with Gasteiger partial charge in [-0.15, -0.1) is 24.0 Å². The molecule has 1 saturated heterocycles. The fourth-order valence-corrected chi connectivity index (χ4v) is 4.13. The summed E-state index contributed by atoms with van der Waals surface area (Å²) in [6.45, 7) is 5.17. The molecule has 2 N–H and O–H groups in total. The lowest BCUT2D eigenvalue weighted by Crippen LogP contribution is -2.45. The summed E-state index contributed by atoms with van der Waals surface area (Å²) in [6, 6.07) is 4.14. The molecule has 27 heavy (non-hydrogen) atoms. The first-order valence-electron chi connectivity index (χ1n) is 9.73. The fourth-order valence-electron chi connectivity index (χ4n) is 3.79. The van der Waals surface area contributed by atoms with Gasteiger partial charge in [0.1, 0.15) is 5.76 Å². The van der Waals surface area contributed by atoms with E-state index < -0.39 is 0 Å². The number of hydrogen-bond acceptors (Lipinski definition) is 3. The van der Waals surface area contributed by atoms with E-state index >= 15 is 0 Å². The Kier molecular flexibility index (Phi) is 9.41. The van der Waals surface area contributed by atoms with Crippen molar-refractivity contribution in [1.29, 1.82) is 0 Å². The number of likely N-dealkylation sites (tertiary alicyclic amines) is 1. The van der Waals surface area contributed by atoms with Gasteiger partial charge in [-0.1, -0.05) is 12.8 Å². The van der Waals surface area contributed by atoms with E-state index in [0.717, 1.165) is 61.7 Å². The van der Waals surface area contributed by atoms with E-state index in [1.165, 1.54) is 12.8 Å². The van der Waals surface area contributed by atoms with Gasteiger partial charge in [-0.2, -0.15) is 0 Å². The number of rotatable bonds is 6. The van der Waals surface area contributed by atoms with Crippen molar-refractivity contribution in [3.05, 3.63) is 22.6 Å². The molecule has 2 fully saturated rings. The molecule has 1 aromatic rings. The lowest BCUT2D eigenvalue weighted by molar-refractivity contribution is -0.134. The number of amides is 1. The van der Waals surface area contributed by atoms with Crippen LogP contribution < -0.4 is 10.6 Å². The molecule has 6 nitrogen and oxygen atoms in total. The van der Waals surface area contributed by atoms with Crippen LogP contribution in [0.5, 0.6) is 0 Å². The number of aliphatic imine (C=N–C) groups is 1. The zero-order valence-electron chi connectivity index (χ0n) is 15.9. The largest absolute Gasteiger partial charge is 0.454 e. The van der Waals surface area contributed by atoms with Crippen molar-refractivity contribution in [2.75, 3.05) is 26.2 Å². The van der Waals surface area contributed by atoms with Gasteiger partial charge in [0.15, 0.2) is 10.6 Å². The molecule has 152 valence electrons. The maximum absolute atomic E-state index is 12.6. The highest BCUT2D eigenvalue weighted by atomic mass is 127. The maximum Gasteiger partial charge on any atom is 0.225 e. The summed E-state index contributed by atoms with van der Waals surface area (Å²) >= 11 is 3.32. The van der Waals surface area contributed by atoms with E-state index in [1.807, 2.05) is 17.0 Å². The van der Waals surface area contributed by atoms with Crippen LogP contribution in [0.25, 0.3) is 0 Å². The molecule has 8 heteroatoms. The van der Waals surface area contributed by atoms with E-state index in [9.17, 15) is 4.79 Å². The summed E-state index contributed by atoms with van der Waals surface area (Å²) in [5.74, 6) is 2.37. The Balaban J connectivity index is 0.00000261. The topological polar surface area (TPSA) is 69.9 Å². The van der Waals surface area contributed by atoms with Crippen LogP contribution in [0.2, 0.25) is 0 Å². The molecule has 0 aromatic carbocycles. The minimum Gasteiger partial charge on any atom is -0.454 e. The van der Waals surface area contributed by atoms with Crippen molar-refractivity contribution < 1.29 is 9.21 Å². The molecule has 1 aliphatic carbocycles. The Morgan fingerprint density at radius 3 is 2.78 bits per heavy atom. The summed E-state index contributed by atoms with van der Waals surface area (Å²) in [5.41, 5.74) is 0. The van der Waals surface area contributed by atoms with Gasteiger partial charge in [-0.25, -0.2) is 0 Å². The van der Waals surface area contributed by atoms with Gasteiger partial charge < -0.3 is 20.0 Å². The summed E-state index contributed by atoms with van der Waals surface area (Å²) in [5, 5.41) is 6.78. The van der Waals surface area contributed by atoms with Gasteiger partial charge >= 0.3 is 0 Å². The minimum absolute atomic E-state index is 0. The molecule has 0 radical (unpaired) electrons. The van der Waals surface area contributed by atoms with Gasteiger partial charge in [0.25, 0.3) is 0 Å². The number of carbonyl (C=O) groups is 1. The first-order chi connectivity index (χ1) is 12.7. The second-order valence-corrected chi connectivity index (χ2v) is 7.89. The van der Waals surface area contributed by atoms with Crippen molar-refractivity contribution in [2.24, 2.45) is 10.9 Å². The van der Waals surface area contributed by atoms with Gasteiger partial charge in [-0.3, -0.25) is 9.79 Å². The van der Waals surface area contributed by atoms with E-state index in [0.29, 0.717) is 12.5 Å². The van der Waals surface area contributed by atoms with Crippen molar-refractivity contribution in [3.63, 3.8) is 0 Å². The van der Waals surface area contributed by atoms with Crippen molar-refractivity contribution in [2.45, 2.75) is 51.5 Å². The number of nitrogens with zero attached hydrogens (tertiary/aromatic N) is 2. The summed E-state index contributed by atoms with van der Waals surface area (Å²) < 4.78 is 6.26. The molecular weight excluding hydrogens is 523 g/mol. The van der Waals surface area contributed by atoms with Gasteiger partial charge in [0.05, 0.1) is 0 Å². The molecule has 1 atom stereocenters. The monoisotopic (exact) mass is 552 g/mol. The fraction of sp³-hybridized carbons (Fsp3) is 0.684. The predicted molar refractivity (Wildman–Crippen MR) is 122 cm³/mol. The lowest BCUT2D eigenvalue weighted by Gasteiger charge is -2.21. The third kappa shape index (κ3) is 6.66. The van der Waals surface area contributed by atoms with Crippen LogP contribution in [0.3, 0.4) is 0 Å². The molecule has 1 aliphatic heterocycles. The smallest absolute Gasteiger partial charge is 0.225 e. The highest BCUT2D eigenvalue weighted by Crippen LogP contribution is 2.27. The summed E-state index contributed by atoms with van der Waals surface area (Å²) in [7, 11) is 0. The highest BCUT2D eigenvalue weighted by Gasteiger charge is 2.32. The molecule has 1 unspecified atom stereocenters. The third-order valence-corrected chi connectivity index (χ3v) is 5.57. The Morgan fingerprint density at radius 1 is 1.33 bits per heavy atom. The van der Waals surface area contributed by atoms with Crippen LogP contribution in [0.4, 0.5) is 0 Å². The van der Waals surface area contributed by atoms with E-state index in [1.54, 1.807) is 0 Å². The van der Waals surface area contributed by atoms with Crippen LogP contribution in [-0.4, -0.2) is 49.0 Å². The molecule has 0 spiro atoms. The molecule has 1 aromatic heterocycles. The van der Waals surface area contributed by atoms with Crippen LogP contribution in [0.15, 0.2) is 26.2 Å². The van der Waals surface area contributed by atoms with Crippen molar-refractivity contribution >= 4 is 51.8 Å². The summed E-state index contributed by atoms with van der Waals surface area (Å²) in [6.07, 6.45) is 6.29. The van der Waals surface area contributed by atoms with E-state index in [-0.39, 0.29) is 35.9 Å². The number of carbonyl (C=O) groups excluding carboxylic acids is 1. The number of halogens is 2. The maximum atomic E-state index is 12.6. The quantitative estimate of drug-likeness (QED) is 0.322. The Morgan fingerprint density at radius 2 is 2.11 bits per heavy atom. The van der Waals surface area contributed by atoms with Crippen LogP contribution >= 0.6 is 39.9 Å². The highest BCUT2D eigenvalue weighted by molar-refractivity contribution is 14.0. The van der Waals surface area contributed by atoms with E-state index in [2.05, 4.69) is 38.5 Å². The number of guanidine groups is 1. The van der Waals surface area contributed by atoms with Gasteiger partial charge in [0, 0.05) is 44.6 Å². The molecular formula is C19H30BrIN4O2. The molecule has 2 heterocycles. The predicted octanol–water partition coefficient (Wildman–Crippen LogP) is 3.55. The van der Waals surface area contributed by atoms with Crippen LogP contribution in [0, 0.1) is 5.92 Å². The number of furan rings is 1. The number of hydrogen-bond donors (Lipinski definition) is 2. The second-order valence-electron chi connectivity index (χ2n) is 7.11. The Bertz CT molecular complexity index is 631. The average molecular weight is 553 g/mol. The van der Waals surface area contributed by atoms with Crippen molar-refractivity contribution in [3.8, 4) is 0 Å². The third-order valence-electron chi connectivity index (χ3n) is 5.15. The van der Waals surface area contributed by atoms with Gasteiger partial charge in [-0.05, 0) is 54.2 Å². The van der Waals surface area contributed by atoms with E-state index in [4.69, 9.17) is 4.42 Å². The molecule has 0 bridgehead atoms. The van der Waals surface area contributed by atoms with Crippen LogP contribution in [0.1, 0.15) is 44.8 Å². The lowest BCUT2D eigenvalue weighted by atomic mass is 10.1. The zero-order chi connectivity index (χ0) is 18.4. The molecule has 1 saturated carbocycles. The van der Waals surface area contributed by atoms with Crippen molar-refractivity contribution in [1.82, 2.24) is 15.5 Å². The first kappa shape index (κ1) is 22.5. The average Bonchev–Trinajstić information content (AvgIpc) is 3.36. The SMILES string of the molecule is CCNC(=NCCc1ccc(Br)o1)NC1CCN(C(=O)C2CCCC2)C1.I. The molecule has 1 amide bonds. The Labute approximate surface area is 187 Å². The zero-order valence-corrected chi connectivity index (χ0v) is 19.8.